The SMILES string of the molecule is CCCN(CC(=O)Nc1ccc(Cl)cc1[N+](=O)[O-])C1CCN(C(=O)c2ccccc2)CC1. The summed E-state index contributed by atoms with van der Waals surface area (Å²) in [6.45, 7) is 4.16. The Bertz CT molecular complexity index is 962. The third-order valence-corrected chi connectivity index (χ3v) is 5.81. The Labute approximate surface area is 192 Å². The fourth-order valence-electron chi connectivity index (χ4n) is 4.01. The van der Waals surface area contributed by atoms with E-state index in [0.717, 1.165) is 25.8 Å². The lowest BCUT2D eigenvalue weighted by Gasteiger charge is -2.38. The molecule has 0 bridgehead atoms. The van der Waals surface area contributed by atoms with E-state index in [4.69, 9.17) is 11.6 Å². The Morgan fingerprint density at radius 2 is 1.88 bits per heavy atom. The third-order valence-electron chi connectivity index (χ3n) is 5.58. The summed E-state index contributed by atoms with van der Waals surface area (Å²) in [4.78, 5) is 40.0. The average molecular weight is 459 g/mol. The smallest absolute Gasteiger partial charge is 0.294 e. The molecule has 3 rings (SSSR count). The molecule has 0 saturated carbocycles. The molecule has 2 aromatic carbocycles. The summed E-state index contributed by atoms with van der Waals surface area (Å²) in [6, 6.07) is 13.6. The van der Waals surface area contributed by atoms with E-state index in [9.17, 15) is 19.7 Å². The third kappa shape index (κ3) is 6.05. The molecule has 1 saturated heterocycles. The lowest BCUT2D eigenvalue weighted by Crippen LogP contribution is -2.49. The normalized spacial score (nSPS) is 14.4. The van der Waals surface area contributed by atoms with Crippen molar-refractivity contribution in [1.29, 1.82) is 0 Å². The first-order valence-corrected chi connectivity index (χ1v) is 11.1. The van der Waals surface area contributed by atoms with Gasteiger partial charge in [-0.1, -0.05) is 36.7 Å². The number of hydrogen-bond donors (Lipinski definition) is 1. The zero-order valence-electron chi connectivity index (χ0n) is 18.0. The van der Waals surface area contributed by atoms with E-state index in [1.165, 1.54) is 18.2 Å². The zero-order valence-corrected chi connectivity index (χ0v) is 18.8. The molecular weight excluding hydrogens is 432 g/mol. The van der Waals surface area contributed by atoms with Gasteiger partial charge in [0.25, 0.3) is 11.6 Å². The van der Waals surface area contributed by atoms with Crippen molar-refractivity contribution in [3.05, 3.63) is 69.2 Å². The number of likely N-dealkylation sites (tertiary alicyclic amines) is 1. The van der Waals surface area contributed by atoms with Gasteiger partial charge in [0.05, 0.1) is 11.5 Å². The number of nitrogens with one attached hydrogen (secondary N) is 1. The van der Waals surface area contributed by atoms with Crippen LogP contribution in [-0.2, 0) is 4.79 Å². The molecule has 32 heavy (non-hydrogen) atoms. The Hall–Kier alpha value is -2.97. The van der Waals surface area contributed by atoms with E-state index in [1.54, 1.807) is 0 Å². The Kier molecular flexibility index (Phi) is 8.19. The highest BCUT2D eigenvalue weighted by Crippen LogP contribution is 2.28. The molecular formula is C23H27ClN4O4. The minimum Gasteiger partial charge on any atom is -0.339 e. The summed E-state index contributed by atoms with van der Waals surface area (Å²) >= 11 is 5.84. The molecule has 1 fully saturated rings. The molecule has 0 radical (unpaired) electrons. The quantitative estimate of drug-likeness (QED) is 0.472. The van der Waals surface area contributed by atoms with Crippen molar-refractivity contribution >= 4 is 34.8 Å². The monoisotopic (exact) mass is 458 g/mol. The first-order chi connectivity index (χ1) is 15.4. The average Bonchev–Trinajstić information content (AvgIpc) is 2.80. The molecule has 1 heterocycles. The maximum atomic E-state index is 12.7. The first-order valence-electron chi connectivity index (χ1n) is 10.7. The molecule has 0 aliphatic carbocycles. The summed E-state index contributed by atoms with van der Waals surface area (Å²) in [6.07, 6.45) is 2.41. The maximum absolute atomic E-state index is 12.7. The van der Waals surface area contributed by atoms with E-state index >= 15 is 0 Å². The first kappa shape index (κ1) is 23.7. The molecule has 0 spiro atoms. The highest BCUT2D eigenvalue weighted by molar-refractivity contribution is 6.31. The number of amides is 2. The van der Waals surface area contributed by atoms with E-state index in [1.807, 2.05) is 42.2 Å². The van der Waals surface area contributed by atoms with E-state index in [-0.39, 0.29) is 40.8 Å². The van der Waals surface area contributed by atoms with Gasteiger partial charge in [-0.2, -0.15) is 0 Å². The van der Waals surface area contributed by atoms with Crippen LogP contribution in [0.15, 0.2) is 48.5 Å². The number of anilines is 1. The van der Waals surface area contributed by atoms with Gasteiger partial charge in [-0.3, -0.25) is 24.6 Å². The highest BCUT2D eigenvalue weighted by atomic mass is 35.5. The molecule has 2 aromatic rings. The van der Waals surface area contributed by atoms with Crippen molar-refractivity contribution in [3.8, 4) is 0 Å². The summed E-state index contributed by atoms with van der Waals surface area (Å²) in [5.41, 5.74) is 0.574. The molecule has 1 aliphatic heterocycles. The number of nitro benzene ring substituents is 1. The molecule has 0 aromatic heterocycles. The molecule has 9 heteroatoms. The predicted molar refractivity (Wildman–Crippen MR) is 124 cm³/mol. The number of hydrogen-bond acceptors (Lipinski definition) is 5. The van der Waals surface area contributed by atoms with Gasteiger partial charge in [0, 0.05) is 35.8 Å². The Morgan fingerprint density at radius 1 is 1.19 bits per heavy atom. The van der Waals surface area contributed by atoms with Crippen LogP contribution in [-0.4, -0.2) is 58.8 Å². The molecule has 0 unspecified atom stereocenters. The van der Waals surface area contributed by atoms with Crippen LogP contribution in [0.2, 0.25) is 5.02 Å². The van der Waals surface area contributed by atoms with Crippen molar-refractivity contribution in [2.75, 3.05) is 31.5 Å². The van der Waals surface area contributed by atoms with Crippen molar-refractivity contribution in [2.45, 2.75) is 32.2 Å². The number of nitrogens with zero attached hydrogens (tertiary/aromatic N) is 3. The van der Waals surface area contributed by atoms with Gasteiger partial charge in [-0.25, -0.2) is 0 Å². The van der Waals surface area contributed by atoms with Crippen LogP contribution in [0.25, 0.3) is 0 Å². The lowest BCUT2D eigenvalue weighted by molar-refractivity contribution is -0.383. The number of piperidine rings is 1. The lowest BCUT2D eigenvalue weighted by atomic mass is 10.0. The minimum absolute atomic E-state index is 0.0267. The fraction of sp³-hybridized carbons (Fsp3) is 0.391. The zero-order chi connectivity index (χ0) is 23.1. The number of rotatable bonds is 8. The van der Waals surface area contributed by atoms with Crippen molar-refractivity contribution in [1.82, 2.24) is 9.80 Å². The standard InChI is InChI=1S/C23H27ClN4O4/c1-2-12-27(16-22(29)25-20-9-8-18(24)15-21(20)28(31)32)19-10-13-26(14-11-19)23(30)17-6-4-3-5-7-17/h3-9,15,19H,2,10-14,16H2,1H3,(H,25,29). The van der Waals surface area contributed by atoms with Crippen LogP contribution in [0.5, 0.6) is 0 Å². The van der Waals surface area contributed by atoms with Crippen LogP contribution in [0.4, 0.5) is 11.4 Å². The molecule has 2 amide bonds. The molecule has 1 N–H and O–H groups in total. The predicted octanol–water partition coefficient (Wildman–Crippen LogP) is 4.20. The number of nitro groups is 1. The maximum Gasteiger partial charge on any atom is 0.294 e. The second kappa shape index (κ2) is 11.1. The number of benzene rings is 2. The van der Waals surface area contributed by atoms with E-state index < -0.39 is 4.92 Å². The summed E-state index contributed by atoms with van der Waals surface area (Å²) in [7, 11) is 0. The largest absolute Gasteiger partial charge is 0.339 e. The van der Waals surface area contributed by atoms with Crippen molar-refractivity contribution < 1.29 is 14.5 Å². The second-order valence-electron chi connectivity index (χ2n) is 7.83. The summed E-state index contributed by atoms with van der Waals surface area (Å²) in [5.74, 6) is -0.287. The van der Waals surface area contributed by atoms with Crippen LogP contribution >= 0.6 is 11.6 Å². The highest BCUT2D eigenvalue weighted by Gasteiger charge is 2.28. The summed E-state index contributed by atoms with van der Waals surface area (Å²) < 4.78 is 0. The van der Waals surface area contributed by atoms with Gasteiger partial charge in [0.15, 0.2) is 0 Å². The summed E-state index contributed by atoms with van der Waals surface area (Å²) in [5, 5.41) is 14.2. The van der Waals surface area contributed by atoms with Crippen molar-refractivity contribution in [2.24, 2.45) is 0 Å². The van der Waals surface area contributed by atoms with Gasteiger partial charge >= 0.3 is 0 Å². The van der Waals surface area contributed by atoms with Crippen molar-refractivity contribution in [3.63, 3.8) is 0 Å². The number of carbonyl (C=O) groups is 2. The second-order valence-corrected chi connectivity index (χ2v) is 8.26. The topological polar surface area (TPSA) is 95.8 Å². The molecule has 1 aliphatic rings. The van der Waals surface area contributed by atoms with Gasteiger partial charge in [-0.05, 0) is 50.1 Å². The molecule has 8 nitrogen and oxygen atoms in total. The van der Waals surface area contributed by atoms with Gasteiger partial charge < -0.3 is 10.2 Å². The Balaban J connectivity index is 1.60. The van der Waals surface area contributed by atoms with Crippen LogP contribution in [0, 0.1) is 10.1 Å². The van der Waals surface area contributed by atoms with E-state index in [0.29, 0.717) is 18.7 Å². The van der Waals surface area contributed by atoms with Gasteiger partial charge in [0.1, 0.15) is 5.69 Å². The van der Waals surface area contributed by atoms with Gasteiger partial charge in [0.2, 0.25) is 5.91 Å². The molecule has 0 atom stereocenters. The minimum atomic E-state index is -0.565. The Morgan fingerprint density at radius 3 is 2.50 bits per heavy atom. The number of halogens is 1. The molecule has 170 valence electrons. The van der Waals surface area contributed by atoms with Crippen LogP contribution in [0.3, 0.4) is 0 Å². The van der Waals surface area contributed by atoms with Gasteiger partial charge in [-0.15, -0.1) is 0 Å². The number of carbonyl (C=O) groups excluding carboxylic acids is 2. The van der Waals surface area contributed by atoms with Crippen LogP contribution < -0.4 is 5.32 Å². The van der Waals surface area contributed by atoms with Crippen LogP contribution in [0.1, 0.15) is 36.5 Å². The fourth-order valence-corrected chi connectivity index (χ4v) is 4.18. The van der Waals surface area contributed by atoms with E-state index in [2.05, 4.69) is 10.2 Å².